The van der Waals surface area contributed by atoms with Crippen molar-refractivity contribution in [3.8, 4) is 28.1 Å². The van der Waals surface area contributed by atoms with Crippen molar-refractivity contribution in [2.45, 2.75) is 13.0 Å². The largest absolute Gasteiger partial charge is 0.508 e. The molecule has 1 heterocycles. The number of nitrogens with zero attached hydrogens (tertiary/aromatic N) is 2. The van der Waals surface area contributed by atoms with Gasteiger partial charge in [0.25, 0.3) is 0 Å². The van der Waals surface area contributed by atoms with E-state index in [-0.39, 0.29) is 11.8 Å². The second kappa shape index (κ2) is 11.5. The van der Waals surface area contributed by atoms with E-state index < -0.39 is 0 Å². The van der Waals surface area contributed by atoms with Crippen molar-refractivity contribution in [2.75, 3.05) is 19.1 Å². The summed E-state index contributed by atoms with van der Waals surface area (Å²) in [5, 5.41) is 13.2. The minimum atomic E-state index is 0.0343. The Morgan fingerprint density at radius 2 is 1.38 bits per heavy atom. The van der Waals surface area contributed by atoms with Gasteiger partial charge in [0.1, 0.15) is 5.75 Å². The zero-order chi connectivity index (χ0) is 27.4. The summed E-state index contributed by atoms with van der Waals surface area (Å²) >= 11 is 0. The van der Waals surface area contributed by atoms with E-state index in [1.807, 2.05) is 36.4 Å². The molecule has 0 aliphatic carbocycles. The second-order valence-corrected chi connectivity index (χ2v) is 9.85. The Hall–Kier alpha value is -4.48. The van der Waals surface area contributed by atoms with E-state index in [2.05, 4.69) is 105 Å². The van der Waals surface area contributed by atoms with Crippen molar-refractivity contribution in [1.82, 2.24) is 4.48 Å². The molecule has 0 spiro atoms. The molecule has 0 saturated carbocycles. The fourth-order valence-corrected chi connectivity index (χ4v) is 5.08. The van der Waals surface area contributed by atoms with Crippen molar-refractivity contribution in [3.63, 3.8) is 0 Å². The summed E-state index contributed by atoms with van der Waals surface area (Å²) in [7, 11) is 11.1. The molecular weight excluding hydrogens is 477 g/mol. The first kappa shape index (κ1) is 26.1. The molecular formula is C34H33BN3O+. The van der Waals surface area contributed by atoms with Crippen LogP contribution in [0.2, 0.25) is 0 Å². The molecule has 5 aromatic rings. The highest BCUT2D eigenvalue weighted by Gasteiger charge is 2.28. The average molecular weight is 510 g/mol. The summed E-state index contributed by atoms with van der Waals surface area (Å²) in [5.41, 5.74) is 7.57. The predicted octanol–water partition coefficient (Wildman–Crippen LogP) is 6.17. The van der Waals surface area contributed by atoms with Crippen LogP contribution < -0.4 is 10.0 Å². The molecule has 2 atom stereocenters. The van der Waals surface area contributed by atoms with Crippen LogP contribution in [0.3, 0.4) is 0 Å². The van der Waals surface area contributed by atoms with Crippen molar-refractivity contribution >= 4 is 19.4 Å². The topological polar surface area (TPSA) is 32.8 Å². The molecule has 0 saturated heterocycles. The maximum atomic E-state index is 9.84. The van der Waals surface area contributed by atoms with Gasteiger partial charge in [-0.1, -0.05) is 91.0 Å². The Morgan fingerprint density at radius 3 is 2.00 bits per heavy atom. The number of allylic oxidation sites excluding steroid dienone is 1. The number of hydrogen-bond donors (Lipinski definition) is 2. The summed E-state index contributed by atoms with van der Waals surface area (Å²) < 4.78 is 1.76. The Labute approximate surface area is 232 Å². The van der Waals surface area contributed by atoms with Crippen LogP contribution >= 0.6 is 0 Å². The SMILES string of the molecule is [B]n1c(-c2ccc(O)cc2)cc(-c2ccccc2)c1N(C)[NH+](C)C(/C=C(\C)c1ccccc1)c1ccccc1. The number of phenolic OH excluding ortho intramolecular Hbond substituents is 1. The number of benzene rings is 4. The number of phenols is 1. The third kappa shape index (κ3) is 5.54. The van der Waals surface area contributed by atoms with Gasteiger partial charge in [-0.3, -0.25) is 0 Å². The van der Waals surface area contributed by atoms with Gasteiger partial charge >= 0.3 is 0 Å². The Bertz CT molecular complexity index is 1550. The number of hydrogen-bond acceptors (Lipinski definition) is 2. The second-order valence-electron chi connectivity index (χ2n) is 9.85. The maximum Gasteiger partial charge on any atom is 0.237 e. The molecule has 0 fully saturated rings. The fraction of sp³-hybridized carbons (Fsp3) is 0.118. The van der Waals surface area contributed by atoms with Crippen LogP contribution in [0.1, 0.15) is 24.1 Å². The number of anilines is 1. The summed E-state index contributed by atoms with van der Waals surface area (Å²) in [6.45, 7) is 2.17. The Balaban J connectivity index is 1.62. The van der Waals surface area contributed by atoms with Gasteiger partial charge in [-0.25, -0.2) is 10.0 Å². The zero-order valence-electron chi connectivity index (χ0n) is 22.6. The lowest BCUT2D eigenvalue weighted by atomic mass is 10.00. The molecule has 192 valence electrons. The highest BCUT2D eigenvalue weighted by Crippen LogP contribution is 2.37. The van der Waals surface area contributed by atoms with Gasteiger partial charge in [0.05, 0.1) is 14.1 Å². The third-order valence-corrected chi connectivity index (χ3v) is 7.36. The fourth-order valence-electron chi connectivity index (χ4n) is 5.08. The molecule has 0 amide bonds. The van der Waals surface area contributed by atoms with Crippen LogP contribution in [0.15, 0.2) is 127 Å². The molecule has 39 heavy (non-hydrogen) atoms. The third-order valence-electron chi connectivity index (χ3n) is 7.36. The highest BCUT2D eigenvalue weighted by molar-refractivity contribution is 6.12. The molecule has 4 aromatic carbocycles. The molecule has 1 aromatic heterocycles. The van der Waals surface area contributed by atoms with E-state index in [9.17, 15) is 5.11 Å². The van der Waals surface area contributed by atoms with Gasteiger partial charge in [0, 0.05) is 16.8 Å². The molecule has 5 heteroatoms. The van der Waals surface area contributed by atoms with Gasteiger partial charge in [0.15, 0.2) is 11.9 Å². The van der Waals surface area contributed by atoms with E-state index in [0.29, 0.717) is 0 Å². The van der Waals surface area contributed by atoms with Crippen LogP contribution in [-0.4, -0.2) is 31.7 Å². The smallest absolute Gasteiger partial charge is 0.237 e. The van der Waals surface area contributed by atoms with E-state index in [1.165, 1.54) is 16.7 Å². The van der Waals surface area contributed by atoms with Crippen molar-refractivity contribution in [3.05, 3.63) is 139 Å². The normalized spacial score (nSPS) is 13.2. The maximum absolute atomic E-state index is 9.84. The van der Waals surface area contributed by atoms with Crippen LogP contribution in [0.5, 0.6) is 5.75 Å². The van der Waals surface area contributed by atoms with Crippen LogP contribution in [0, 0.1) is 0 Å². The number of quaternary nitrogens is 1. The van der Waals surface area contributed by atoms with Gasteiger partial charge < -0.3 is 9.58 Å². The summed E-state index contributed by atoms with van der Waals surface area (Å²) in [5.74, 6) is 1.12. The van der Waals surface area contributed by atoms with E-state index in [0.717, 1.165) is 33.2 Å². The van der Waals surface area contributed by atoms with Crippen LogP contribution in [0.25, 0.3) is 28.0 Å². The number of nitrogens with one attached hydrogen (secondary N) is 1. The van der Waals surface area contributed by atoms with Crippen molar-refractivity contribution < 1.29 is 10.1 Å². The van der Waals surface area contributed by atoms with Crippen molar-refractivity contribution in [2.24, 2.45) is 0 Å². The molecule has 0 bridgehead atoms. The molecule has 2 radical (unpaired) electrons. The monoisotopic (exact) mass is 510 g/mol. The minimum Gasteiger partial charge on any atom is -0.508 e. The lowest BCUT2D eigenvalue weighted by Crippen LogP contribution is -3.16. The first-order valence-corrected chi connectivity index (χ1v) is 13.2. The highest BCUT2D eigenvalue weighted by atomic mass is 16.3. The average Bonchev–Trinajstić information content (AvgIpc) is 3.33. The summed E-state index contributed by atoms with van der Waals surface area (Å²) in [6, 6.07) is 40.7. The van der Waals surface area contributed by atoms with Gasteiger partial charge in [-0.05, 0) is 65.6 Å². The number of likely N-dealkylation sites (N-methyl/N-ethyl adjacent to an activating group) is 1. The standard InChI is InChI=1S/C34H32BN3O/c1-25(26-13-7-4-8-14-26)23-32(28-17-11-6-12-18-28)36(2)37(3)34-31(27-15-9-5-10-16-27)24-33(38(34)35)29-19-21-30(39)22-20-29/h4-24,32,39H,1-3H3/p+1/b25-23+. The first-order valence-electron chi connectivity index (χ1n) is 13.2. The Kier molecular flexibility index (Phi) is 7.71. The van der Waals surface area contributed by atoms with Gasteiger partial charge in [-0.15, -0.1) is 0 Å². The quantitative estimate of drug-likeness (QED) is 0.193. The molecule has 5 rings (SSSR count). The minimum absolute atomic E-state index is 0.0343. The van der Waals surface area contributed by atoms with Crippen LogP contribution in [-0.2, 0) is 0 Å². The molecule has 0 aliphatic heterocycles. The number of aromatic hydroxyl groups is 1. The van der Waals surface area contributed by atoms with Crippen molar-refractivity contribution in [1.29, 1.82) is 0 Å². The predicted molar refractivity (Wildman–Crippen MR) is 163 cm³/mol. The van der Waals surface area contributed by atoms with Crippen LogP contribution in [0.4, 0.5) is 5.82 Å². The van der Waals surface area contributed by atoms with E-state index in [1.54, 1.807) is 16.6 Å². The lowest BCUT2D eigenvalue weighted by molar-refractivity contribution is -0.912. The number of aromatic nitrogens is 1. The Morgan fingerprint density at radius 1 is 0.821 bits per heavy atom. The lowest BCUT2D eigenvalue weighted by Gasteiger charge is -2.33. The molecule has 0 aliphatic rings. The van der Waals surface area contributed by atoms with Gasteiger partial charge in [-0.2, -0.15) is 0 Å². The number of rotatable bonds is 8. The summed E-state index contributed by atoms with van der Waals surface area (Å²) in [6.07, 6.45) is 2.34. The molecule has 2 unspecified atom stereocenters. The summed E-state index contributed by atoms with van der Waals surface area (Å²) in [4.78, 5) is 0. The first-order chi connectivity index (χ1) is 18.9. The molecule has 2 N–H and O–H groups in total. The van der Waals surface area contributed by atoms with Gasteiger partial charge in [0.2, 0.25) is 7.98 Å². The zero-order valence-corrected chi connectivity index (χ0v) is 22.6. The van der Waals surface area contributed by atoms with E-state index in [4.69, 9.17) is 7.98 Å². The van der Waals surface area contributed by atoms with E-state index >= 15 is 0 Å². The molecule has 4 nitrogen and oxygen atoms in total.